The van der Waals surface area contributed by atoms with Crippen LogP contribution in [-0.2, 0) is 4.79 Å². The zero-order valence-corrected chi connectivity index (χ0v) is 12.0. The van der Waals surface area contributed by atoms with Gasteiger partial charge < -0.3 is 15.3 Å². The van der Waals surface area contributed by atoms with Gasteiger partial charge in [-0.05, 0) is 43.9 Å². The van der Waals surface area contributed by atoms with Gasteiger partial charge in [0, 0.05) is 12.6 Å². The number of rotatable bonds is 4. The van der Waals surface area contributed by atoms with Crippen LogP contribution in [0.2, 0.25) is 0 Å². The van der Waals surface area contributed by atoms with E-state index in [1.807, 2.05) is 6.92 Å². The Hall–Kier alpha value is -1.26. The van der Waals surface area contributed by atoms with E-state index < -0.39 is 12.0 Å². The van der Waals surface area contributed by atoms with Crippen LogP contribution < -0.4 is 5.32 Å². The van der Waals surface area contributed by atoms with E-state index in [2.05, 4.69) is 5.32 Å². The molecule has 4 unspecified atom stereocenters. The van der Waals surface area contributed by atoms with Crippen molar-refractivity contribution in [2.75, 3.05) is 6.54 Å². The zero-order valence-electron chi connectivity index (χ0n) is 12.0. The second kappa shape index (κ2) is 5.26. The monoisotopic (exact) mass is 280 g/mol. The molecule has 0 aromatic rings. The Kier molecular flexibility index (Phi) is 3.61. The summed E-state index contributed by atoms with van der Waals surface area (Å²) in [5.41, 5.74) is 0. The highest BCUT2D eigenvalue weighted by molar-refractivity contribution is 5.84. The Morgan fingerprint density at radius 2 is 2.05 bits per heavy atom. The van der Waals surface area contributed by atoms with E-state index in [0.717, 1.165) is 31.6 Å². The molecule has 1 saturated heterocycles. The number of carbonyl (C=O) groups is 2. The van der Waals surface area contributed by atoms with E-state index in [1.165, 1.54) is 12.8 Å². The lowest BCUT2D eigenvalue weighted by Gasteiger charge is -2.26. The maximum Gasteiger partial charge on any atom is 0.326 e. The van der Waals surface area contributed by atoms with Crippen molar-refractivity contribution in [3.8, 4) is 0 Å². The van der Waals surface area contributed by atoms with Crippen LogP contribution in [0, 0.1) is 17.8 Å². The first-order valence-corrected chi connectivity index (χ1v) is 7.86. The molecule has 0 radical (unpaired) electrons. The lowest BCUT2D eigenvalue weighted by Crippen LogP contribution is -2.50. The van der Waals surface area contributed by atoms with E-state index in [4.69, 9.17) is 0 Å². The minimum absolute atomic E-state index is 0.143. The van der Waals surface area contributed by atoms with Crippen molar-refractivity contribution < 1.29 is 14.7 Å². The molecule has 1 heterocycles. The van der Waals surface area contributed by atoms with Crippen molar-refractivity contribution in [2.24, 2.45) is 17.8 Å². The normalized spacial score (nSPS) is 33.9. The summed E-state index contributed by atoms with van der Waals surface area (Å²) in [6, 6.07) is -0.652. The van der Waals surface area contributed by atoms with Crippen molar-refractivity contribution in [3.63, 3.8) is 0 Å². The van der Waals surface area contributed by atoms with Crippen molar-refractivity contribution in [1.82, 2.24) is 10.2 Å². The fraction of sp³-hybridized carbons (Fsp3) is 0.867. The molecule has 5 heteroatoms. The Balaban J connectivity index is 1.62. The van der Waals surface area contributed by atoms with Gasteiger partial charge in [0.15, 0.2) is 0 Å². The second-order valence-corrected chi connectivity index (χ2v) is 6.82. The van der Waals surface area contributed by atoms with E-state index >= 15 is 0 Å². The Morgan fingerprint density at radius 1 is 1.30 bits per heavy atom. The van der Waals surface area contributed by atoms with E-state index in [1.54, 1.807) is 4.90 Å². The first kappa shape index (κ1) is 13.7. The molecule has 2 N–H and O–H groups in total. The molecule has 2 aliphatic carbocycles. The summed E-state index contributed by atoms with van der Waals surface area (Å²) in [6.07, 6.45) is 6.67. The number of urea groups is 1. The lowest BCUT2D eigenvalue weighted by molar-refractivity contribution is -0.142. The highest BCUT2D eigenvalue weighted by atomic mass is 16.4. The lowest BCUT2D eigenvalue weighted by atomic mass is 9.94. The van der Waals surface area contributed by atoms with Crippen LogP contribution >= 0.6 is 0 Å². The Bertz CT molecular complexity index is 408. The van der Waals surface area contributed by atoms with E-state index in [9.17, 15) is 14.7 Å². The van der Waals surface area contributed by atoms with Crippen LogP contribution in [-0.4, -0.2) is 40.6 Å². The number of carboxylic acid groups (broad SMARTS) is 1. The molecule has 112 valence electrons. The maximum absolute atomic E-state index is 12.4. The molecular weight excluding hydrogens is 256 g/mol. The molecule has 0 aromatic heterocycles. The SMILES string of the molecule is CC(CC1CC1)NC(=O)N1CC2CCCC2C1C(=O)O. The minimum atomic E-state index is -0.843. The van der Waals surface area contributed by atoms with E-state index in [0.29, 0.717) is 12.5 Å². The van der Waals surface area contributed by atoms with Crippen LogP contribution in [0.25, 0.3) is 0 Å². The van der Waals surface area contributed by atoms with Crippen LogP contribution in [0.3, 0.4) is 0 Å². The molecular formula is C15H24N2O3. The molecule has 3 aliphatic rings. The topological polar surface area (TPSA) is 69.6 Å². The fourth-order valence-corrected chi connectivity index (χ4v) is 4.04. The molecule has 0 spiro atoms. The first-order chi connectivity index (χ1) is 9.56. The number of carboxylic acids is 1. The van der Waals surface area contributed by atoms with Gasteiger partial charge >= 0.3 is 12.0 Å². The van der Waals surface area contributed by atoms with Crippen molar-refractivity contribution in [1.29, 1.82) is 0 Å². The molecule has 1 aliphatic heterocycles. The average Bonchev–Trinajstić information content (AvgIpc) is 2.92. The summed E-state index contributed by atoms with van der Waals surface area (Å²) in [6.45, 7) is 2.63. The number of carbonyl (C=O) groups excluding carboxylic acids is 1. The zero-order chi connectivity index (χ0) is 14.3. The molecule has 0 aromatic carbocycles. The predicted molar refractivity (Wildman–Crippen MR) is 74.3 cm³/mol. The Labute approximate surface area is 119 Å². The maximum atomic E-state index is 12.4. The van der Waals surface area contributed by atoms with Crippen LogP contribution in [0.4, 0.5) is 4.79 Å². The summed E-state index contributed by atoms with van der Waals surface area (Å²) in [5.74, 6) is 0.473. The van der Waals surface area contributed by atoms with Crippen LogP contribution in [0.15, 0.2) is 0 Å². The average molecular weight is 280 g/mol. The third-order valence-electron chi connectivity index (χ3n) is 5.16. The van der Waals surface area contributed by atoms with Gasteiger partial charge in [-0.2, -0.15) is 0 Å². The van der Waals surface area contributed by atoms with Crippen molar-refractivity contribution in [3.05, 3.63) is 0 Å². The number of hydrogen-bond donors (Lipinski definition) is 2. The standard InChI is InChI=1S/C15H24N2O3/c1-9(7-10-5-6-10)16-15(20)17-8-11-3-2-4-12(11)13(17)14(18)19/h9-13H,2-8H2,1H3,(H,16,20)(H,18,19). The van der Waals surface area contributed by atoms with Crippen LogP contribution in [0.1, 0.15) is 45.4 Å². The second-order valence-electron chi connectivity index (χ2n) is 6.82. The summed E-state index contributed by atoms with van der Waals surface area (Å²) in [5, 5.41) is 12.4. The van der Waals surface area contributed by atoms with Gasteiger partial charge in [-0.15, -0.1) is 0 Å². The van der Waals surface area contributed by atoms with Gasteiger partial charge in [0.1, 0.15) is 6.04 Å². The molecule has 2 amide bonds. The van der Waals surface area contributed by atoms with Gasteiger partial charge in [-0.3, -0.25) is 0 Å². The largest absolute Gasteiger partial charge is 0.480 e. The third kappa shape index (κ3) is 2.63. The summed E-state index contributed by atoms with van der Waals surface area (Å²) >= 11 is 0. The summed E-state index contributed by atoms with van der Waals surface area (Å²) in [7, 11) is 0. The number of aliphatic carboxylic acids is 1. The highest BCUT2D eigenvalue weighted by Gasteiger charge is 2.49. The van der Waals surface area contributed by atoms with Gasteiger partial charge in [-0.25, -0.2) is 9.59 Å². The fourth-order valence-electron chi connectivity index (χ4n) is 4.04. The quantitative estimate of drug-likeness (QED) is 0.828. The molecule has 20 heavy (non-hydrogen) atoms. The predicted octanol–water partition coefficient (Wildman–Crippen LogP) is 2.07. The molecule has 5 nitrogen and oxygen atoms in total. The van der Waals surface area contributed by atoms with Gasteiger partial charge in [-0.1, -0.05) is 19.3 Å². The molecule has 4 atom stereocenters. The minimum Gasteiger partial charge on any atom is -0.480 e. The molecule has 2 saturated carbocycles. The van der Waals surface area contributed by atoms with Gasteiger partial charge in [0.05, 0.1) is 0 Å². The molecule has 0 bridgehead atoms. The van der Waals surface area contributed by atoms with Crippen molar-refractivity contribution in [2.45, 2.75) is 57.5 Å². The first-order valence-electron chi connectivity index (χ1n) is 7.86. The Morgan fingerprint density at radius 3 is 2.70 bits per heavy atom. The number of likely N-dealkylation sites (tertiary alicyclic amines) is 1. The number of hydrogen-bond acceptors (Lipinski definition) is 2. The molecule has 3 fully saturated rings. The van der Waals surface area contributed by atoms with Gasteiger partial charge in [0.25, 0.3) is 0 Å². The third-order valence-corrected chi connectivity index (χ3v) is 5.16. The molecule has 3 rings (SSSR count). The number of nitrogens with zero attached hydrogens (tertiary/aromatic N) is 1. The van der Waals surface area contributed by atoms with Gasteiger partial charge in [0.2, 0.25) is 0 Å². The summed E-state index contributed by atoms with van der Waals surface area (Å²) in [4.78, 5) is 25.4. The van der Waals surface area contributed by atoms with E-state index in [-0.39, 0.29) is 18.0 Å². The smallest absolute Gasteiger partial charge is 0.326 e. The highest BCUT2D eigenvalue weighted by Crippen LogP contribution is 2.42. The number of amides is 2. The van der Waals surface area contributed by atoms with Crippen molar-refractivity contribution >= 4 is 12.0 Å². The number of nitrogens with one attached hydrogen (secondary N) is 1. The summed E-state index contributed by atoms with van der Waals surface area (Å²) < 4.78 is 0. The number of fused-ring (bicyclic) bond motifs is 1. The van der Waals surface area contributed by atoms with Crippen LogP contribution in [0.5, 0.6) is 0 Å².